The molecule has 5 aromatic rings. The summed E-state index contributed by atoms with van der Waals surface area (Å²) in [6.45, 7) is 1.84. The highest BCUT2D eigenvalue weighted by Gasteiger charge is 2.28. The largest absolute Gasteiger partial charge is 0.382 e. The van der Waals surface area contributed by atoms with Crippen molar-refractivity contribution in [1.29, 1.82) is 5.26 Å². The van der Waals surface area contributed by atoms with Crippen molar-refractivity contribution in [1.82, 2.24) is 34.3 Å². The Morgan fingerprint density at radius 3 is 2.49 bits per heavy atom. The number of hydrogen-bond donors (Lipinski definition) is 1. The number of halogens is 3. The van der Waals surface area contributed by atoms with Gasteiger partial charge in [0.1, 0.15) is 29.4 Å². The standard InChI is InChI=1S/C23H16F3N9/c1-12(14-9-32-34(10-14)17-5-3-2-4-16(17)24)19-15(6-27)18(20-22(28)31-11-33-35(19)20)13-7-29-23(21(25)26)30-8-13/h2-5,7-12,21H,1H3,(H2,28,31,33)/t12-/m1/s1. The monoisotopic (exact) mass is 475 g/mol. The molecule has 12 heteroatoms. The maximum Gasteiger partial charge on any atom is 0.297 e. The van der Waals surface area contributed by atoms with E-state index in [-0.39, 0.29) is 17.1 Å². The first-order valence-electron chi connectivity index (χ1n) is 10.4. The number of alkyl halides is 2. The summed E-state index contributed by atoms with van der Waals surface area (Å²) < 4.78 is 43.1. The molecule has 0 amide bonds. The molecular weight excluding hydrogens is 459 g/mol. The number of aromatic nitrogens is 7. The van der Waals surface area contributed by atoms with Gasteiger partial charge < -0.3 is 5.73 Å². The zero-order chi connectivity index (χ0) is 24.7. The fourth-order valence-corrected chi connectivity index (χ4v) is 4.00. The summed E-state index contributed by atoms with van der Waals surface area (Å²) in [5, 5.41) is 18.7. The van der Waals surface area contributed by atoms with Gasteiger partial charge in [0.25, 0.3) is 6.43 Å². The van der Waals surface area contributed by atoms with E-state index in [2.05, 4.69) is 31.2 Å². The van der Waals surface area contributed by atoms with E-state index in [0.717, 1.165) is 0 Å². The summed E-state index contributed by atoms with van der Waals surface area (Å²) in [6, 6.07) is 8.40. The first-order valence-corrected chi connectivity index (χ1v) is 10.4. The van der Waals surface area contributed by atoms with Gasteiger partial charge in [-0.3, -0.25) is 0 Å². The highest BCUT2D eigenvalue weighted by atomic mass is 19.3. The average Bonchev–Trinajstić information content (AvgIpc) is 3.48. The molecule has 0 fully saturated rings. The molecule has 4 aromatic heterocycles. The minimum atomic E-state index is -2.83. The van der Waals surface area contributed by atoms with Crippen LogP contribution in [-0.4, -0.2) is 34.3 Å². The Hall–Kier alpha value is -4.79. The number of nitrogens with two attached hydrogens (primary N) is 1. The second kappa shape index (κ2) is 8.53. The van der Waals surface area contributed by atoms with Crippen molar-refractivity contribution in [3.05, 3.63) is 83.8 Å². The molecule has 4 heterocycles. The van der Waals surface area contributed by atoms with Crippen LogP contribution in [-0.2, 0) is 0 Å². The molecule has 174 valence electrons. The third-order valence-corrected chi connectivity index (χ3v) is 5.67. The lowest BCUT2D eigenvalue weighted by Crippen LogP contribution is -2.06. The fourth-order valence-electron chi connectivity index (χ4n) is 4.00. The SMILES string of the molecule is C[C@H](c1cnn(-c2ccccc2F)c1)c1c(C#N)c(-c2cnc(C(F)F)nc2)c2c(N)ncnn12. The molecule has 0 aliphatic carbocycles. The van der Waals surface area contributed by atoms with E-state index in [9.17, 15) is 18.4 Å². The van der Waals surface area contributed by atoms with Crippen molar-refractivity contribution in [2.75, 3.05) is 5.73 Å². The molecule has 35 heavy (non-hydrogen) atoms. The molecule has 1 aromatic carbocycles. The topological polar surface area (TPSA) is 124 Å². The molecule has 0 saturated carbocycles. The maximum atomic E-state index is 14.3. The first kappa shape index (κ1) is 22.0. The molecule has 5 rings (SSSR count). The Bertz CT molecular complexity index is 1580. The second-order valence-corrected chi connectivity index (χ2v) is 7.67. The predicted octanol–water partition coefficient (Wildman–Crippen LogP) is 4.05. The van der Waals surface area contributed by atoms with Gasteiger partial charge in [-0.25, -0.2) is 37.3 Å². The number of nitrogen functional groups attached to an aromatic ring is 1. The third kappa shape index (κ3) is 3.63. The number of benzene rings is 1. The van der Waals surface area contributed by atoms with Gasteiger partial charge in [0.15, 0.2) is 11.6 Å². The summed E-state index contributed by atoms with van der Waals surface area (Å²) >= 11 is 0. The minimum absolute atomic E-state index is 0.0879. The van der Waals surface area contributed by atoms with Crippen LogP contribution in [0.15, 0.2) is 55.4 Å². The Morgan fingerprint density at radius 1 is 1.06 bits per heavy atom. The van der Waals surface area contributed by atoms with Gasteiger partial charge >= 0.3 is 0 Å². The maximum absolute atomic E-state index is 14.3. The quantitative estimate of drug-likeness (QED) is 0.407. The van der Waals surface area contributed by atoms with E-state index in [1.807, 2.05) is 6.92 Å². The molecule has 0 radical (unpaired) electrons. The summed E-state index contributed by atoms with van der Waals surface area (Å²) in [4.78, 5) is 11.5. The Balaban J connectivity index is 1.69. The highest BCUT2D eigenvalue weighted by molar-refractivity contribution is 5.92. The molecule has 1 atom stereocenters. The van der Waals surface area contributed by atoms with Crippen molar-refractivity contribution >= 4 is 11.3 Å². The van der Waals surface area contributed by atoms with Crippen LogP contribution in [0, 0.1) is 17.1 Å². The number of fused-ring (bicyclic) bond motifs is 1. The smallest absolute Gasteiger partial charge is 0.297 e. The lowest BCUT2D eigenvalue weighted by atomic mass is 9.95. The lowest BCUT2D eigenvalue weighted by molar-refractivity contribution is 0.140. The summed E-state index contributed by atoms with van der Waals surface area (Å²) in [5.74, 6) is -1.42. The summed E-state index contributed by atoms with van der Waals surface area (Å²) in [7, 11) is 0. The van der Waals surface area contributed by atoms with Gasteiger partial charge in [-0.15, -0.1) is 0 Å². The zero-order valence-electron chi connectivity index (χ0n) is 18.1. The number of nitriles is 1. The van der Waals surface area contributed by atoms with E-state index >= 15 is 0 Å². The van der Waals surface area contributed by atoms with Crippen LogP contribution >= 0.6 is 0 Å². The van der Waals surface area contributed by atoms with Crippen molar-refractivity contribution in [2.45, 2.75) is 19.3 Å². The van der Waals surface area contributed by atoms with Crippen LogP contribution in [0.3, 0.4) is 0 Å². The van der Waals surface area contributed by atoms with Gasteiger partial charge in [-0.1, -0.05) is 19.1 Å². The molecular formula is C23H16F3N9. The number of rotatable bonds is 5. The number of nitrogens with zero attached hydrogens (tertiary/aromatic N) is 8. The lowest BCUT2D eigenvalue weighted by Gasteiger charge is -2.10. The van der Waals surface area contributed by atoms with Crippen LogP contribution < -0.4 is 5.73 Å². The Kier molecular flexibility index (Phi) is 5.37. The summed E-state index contributed by atoms with van der Waals surface area (Å²) in [6.07, 6.45) is 4.07. The molecule has 0 aliphatic heterocycles. The van der Waals surface area contributed by atoms with Crippen LogP contribution in [0.1, 0.15) is 41.9 Å². The molecule has 0 aliphatic rings. The van der Waals surface area contributed by atoms with Crippen LogP contribution in [0.5, 0.6) is 0 Å². The first-order chi connectivity index (χ1) is 16.9. The zero-order valence-corrected chi connectivity index (χ0v) is 18.1. The molecule has 2 N–H and O–H groups in total. The van der Waals surface area contributed by atoms with E-state index in [4.69, 9.17) is 5.73 Å². The summed E-state index contributed by atoms with van der Waals surface area (Å²) in [5.41, 5.74) is 8.73. The highest BCUT2D eigenvalue weighted by Crippen LogP contribution is 2.39. The fraction of sp³-hybridized carbons (Fsp3) is 0.130. The van der Waals surface area contributed by atoms with E-state index in [1.165, 1.54) is 34.0 Å². The van der Waals surface area contributed by atoms with Crippen LogP contribution in [0.2, 0.25) is 0 Å². The third-order valence-electron chi connectivity index (χ3n) is 5.67. The van der Waals surface area contributed by atoms with Gasteiger partial charge in [0, 0.05) is 35.6 Å². The van der Waals surface area contributed by atoms with Crippen molar-refractivity contribution in [2.24, 2.45) is 0 Å². The Labute approximate surface area is 196 Å². The van der Waals surface area contributed by atoms with E-state index in [1.54, 1.807) is 30.6 Å². The molecule has 0 spiro atoms. The number of anilines is 1. The van der Waals surface area contributed by atoms with Gasteiger partial charge in [0.2, 0.25) is 0 Å². The van der Waals surface area contributed by atoms with Gasteiger partial charge in [-0.2, -0.15) is 15.5 Å². The normalized spacial score (nSPS) is 12.2. The molecule has 0 unspecified atom stereocenters. The Morgan fingerprint density at radius 2 is 1.80 bits per heavy atom. The predicted molar refractivity (Wildman–Crippen MR) is 119 cm³/mol. The minimum Gasteiger partial charge on any atom is -0.382 e. The molecule has 9 nitrogen and oxygen atoms in total. The van der Waals surface area contributed by atoms with E-state index < -0.39 is 24.0 Å². The van der Waals surface area contributed by atoms with Gasteiger partial charge in [0.05, 0.1) is 17.5 Å². The van der Waals surface area contributed by atoms with Gasteiger partial charge in [-0.05, 0) is 17.7 Å². The second-order valence-electron chi connectivity index (χ2n) is 7.67. The number of hydrogen-bond acceptors (Lipinski definition) is 7. The molecule has 0 saturated heterocycles. The van der Waals surface area contributed by atoms with Crippen LogP contribution in [0.25, 0.3) is 22.3 Å². The number of para-hydroxylation sites is 1. The van der Waals surface area contributed by atoms with Crippen LogP contribution in [0.4, 0.5) is 19.0 Å². The van der Waals surface area contributed by atoms with Crippen molar-refractivity contribution in [3.63, 3.8) is 0 Å². The molecule has 0 bridgehead atoms. The van der Waals surface area contributed by atoms with E-state index in [0.29, 0.717) is 27.9 Å². The van der Waals surface area contributed by atoms with Crippen molar-refractivity contribution < 1.29 is 13.2 Å². The van der Waals surface area contributed by atoms with Crippen molar-refractivity contribution in [3.8, 4) is 22.9 Å². The average molecular weight is 475 g/mol.